The van der Waals surface area contributed by atoms with Crippen LogP contribution in [0.25, 0.3) is 11.3 Å². The minimum atomic E-state index is -0.288. The van der Waals surface area contributed by atoms with Crippen molar-refractivity contribution in [2.75, 3.05) is 26.2 Å². The number of hydrogen-bond acceptors (Lipinski definition) is 6. The van der Waals surface area contributed by atoms with Crippen LogP contribution < -0.4 is 10.9 Å². The second kappa shape index (κ2) is 9.64. The fraction of sp³-hybridized carbons (Fsp3) is 0.333. The Balaban J connectivity index is 1.11. The molecule has 2 saturated heterocycles. The van der Waals surface area contributed by atoms with Crippen molar-refractivity contribution in [3.63, 3.8) is 0 Å². The van der Waals surface area contributed by atoms with E-state index in [9.17, 15) is 13.6 Å². The van der Waals surface area contributed by atoms with Crippen molar-refractivity contribution in [3.05, 3.63) is 76.1 Å². The standard InChI is InChI=1S/C24H25F2N5OS/c25-18-5-1-16(2-6-18)20-13-21(29-28-20)24(32)31-11-9-30(10-12-31)14-23-27-22(15-33-23)17-3-7-19(26)8-4-17/h1-8,15,20-21,28-29H,9-14H2. The van der Waals surface area contributed by atoms with E-state index in [0.717, 1.165) is 41.5 Å². The topological polar surface area (TPSA) is 60.5 Å². The molecule has 0 aliphatic carbocycles. The molecule has 0 radical (unpaired) electrons. The van der Waals surface area contributed by atoms with E-state index in [0.29, 0.717) is 19.5 Å². The van der Waals surface area contributed by atoms with Gasteiger partial charge in [-0.25, -0.2) is 24.6 Å². The molecule has 0 bridgehead atoms. The Morgan fingerprint density at radius 3 is 2.33 bits per heavy atom. The molecular formula is C24H25F2N5OS. The molecule has 2 unspecified atom stereocenters. The van der Waals surface area contributed by atoms with Crippen LogP contribution in [0.5, 0.6) is 0 Å². The first-order valence-electron chi connectivity index (χ1n) is 11.0. The van der Waals surface area contributed by atoms with Crippen LogP contribution in [0.15, 0.2) is 53.9 Å². The number of halogens is 2. The normalized spacial score (nSPS) is 21.5. The van der Waals surface area contributed by atoms with Gasteiger partial charge in [0.25, 0.3) is 0 Å². The second-order valence-corrected chi connectivity index (χ2v) is 9.36. The monoisotopic (exact) mass is 469 g/mol. The lowest BCUT2D eigenvalue weighted by Crippen LogP contribution is -2.53. The van der Waals surface area contributed by atoms with Gasteiger partial charge in [-0.15, -0.1) is 11.3 Å². The summed E-state index contributed by atoms with van der Waals surface area (Å²) >= 11 is 1.60. The highest BCUT2D eigenvalue weighted by Crippen LogP contribution is 2.25. The van der Waals surface area contributed by atoms with Crippen LogP contribution in [0.2, 0.25) is 0 Å². The first kappa shape index (κ1) is 22.1. The van der Waals surface area contributed by atoms with Gasteiger partial charge in [0.15, 0.2) is 0 Å². The minimum absolute atomic E-state index is 0.0129. The first-order chi connectivity index (χ1) is 16.0. The fourth-order valence-electron chi connectivity index (χ4n) is 4.31. The maximum atomic E-state index is 13.2. The van der Waals surface area contributed by atoms with Gasteiger partial charge in [0.2, 0.25) is 5.91 Å². The van der Waals surface area contributed by atoms with Gasteiger partial charge in [-0.1, -0.05) is 12.1 Å². The van der Waals surface area contributed by atoms with E-state index in [1.807, 2.05) is 10.3 Å². The van der Waals surface area contributed by atoms with Crippen molar-refractivity contribution in [3.8, 4) is 11.3 Å². The van der Waals surface area contributed by atoms with Gasteiger partial charge in [0, 0.05) is 43.2 Å². The van der Waals surface area contributed by atoms with Crippen molar-refractivity contribution in [2.45, 2.75) is 25.0 Å². The van der Waals surface area contributed by atoms with E-state index in [4.69, 9.17) is 4.98 Å². The molecule has 2 fully saturated rings. The summed E-state index contributed by atoms with van der Waals surface area (Å²) in [6, 6.07) is 12.5. The average molecular weight is 470 g/mol. The van der Waals surface area contributed by atoms with E-state index >= 15 is 0 Å². The largest absolute Gasteiger partial charge is 0.339 e. The third-order valence-electron chi connectivity index (χ3n) is 6.21. The van der Waals surface area contributed by atoms with Crippen LogP contribution in [0.4, 0.5) is 8.78 Å². The van der Waals surface area contributed by atoms with E-state index in [1.165, 1.54) is 24.3 Å². The molecule has 2 atom stereocenters. The highest BCUT2D eigenvalue weighted by atomic mass is 32.1. The molecule has 172 valence electrons. The fourth-order valence-corrected chi connectivity index (χ4v) is 5.15. The molecule has 2 aliphatic rings. The molecule has 3 aromatic rings. The summed E-state index contributed by atoms with van der Waals surface area (Å²) in [7, 11) is 0. The van der Waals surface area contributed by atoms with Crippen molar-refractivity contribution in [2.24, 2.45) is 0 Å². The maximum absolute atomic E-state index is 13.2. The summed E-state index contributed by atoms with van der Waals surface area (Å²) in [5.74, 6) is -0.421. The quantitative estimate of drug-likeness (QED) is 0.600. The number of amides is 1. The molecule has 9 heteroatoms. The Morgan fingerprint density at radius 2 is 1.64 bits per heavy atom. The van der Waals surface area contributed by atoms with Crippen molar-refractivity contribution in [1.82, 2.24) is 25.6 Å². The van der Waals surface area contributed by atoms with Gasteiger partial charge >= 0.3 is 0 Å². The SMILES string of the molecule is O=C(C1CC(c2ccc(F)cc2)NN1)N1CCN(Cc2nc(-c3ccc(F)cc3)cs2)CC1. The van der Waals surface area contributed by atoms with Crippen molar-refractivity contribution < 1.29 is 13.6 Å². The molecule has 2 aliphatic heterocycles. The van der Waals surface area contributed by atoms with Gasteiger partial charge in [-0.2, -0.15) is 0 Å². The van der Waals surface area contributed by atoms with Gasteiger partial charge in [-0.3, -0.25) is 9.69 Å². The van der Waals surface area contributed by atoms with Gasteiger partial charge in [0.1, 0.15) is 22.7 Å². The van der Waals surface area contributed by atoms with Crippen molar-refractivity contribution in [1.29, 1.82) is 0 Å². The first-order valence-corrected chi connectivity index (χ1v) is 11.9. The van der Waals surface area contributed by atoms with E-state index in [-0.39, 0.29) is 29.6 Å². The van der Waals surface area contributed by atoms with Crippen molar-refractivity contribution >= 4 is 17.2 Å². The third-order valence-corrected chi connectivity index (χ3v) is 7.04. The molecule has 0 saturated carbocycles. The lowest BCUT2D eigenvalue weighted by atomic mass is 10.0. The molecule has 5 rings (SSSR count). The lowest BCUT2D eigenvalue weighted by molar-refractivity contribution is -0.135. The lowest BCUT2D eigenvalue weighted by Gasteiger charge is -2.35. The van der Waals surface area contributed by atoms with Crippen LogP contribution in [0, 0.1) is 11.6 Å². The van der Waals surface area contributed by atoms with Gasteiger partial charge in [0.05, 0.1) is 12.2 Å². The smallest absolute Gasteiger partial charge is 0.241 e. The minimum Gasteiger partial charge on any atom is -0.339 e. The summed E-state index contributed by atoms with van der Waals surface area (Å²) in [6.07, 6.45) is 0.635. The summed E-state index contributed by atoms with van der Waals surface area (Å²) < 4.78 is 26.3. The molecule has 1 amide bonds. The molecule has 2 N–H and O–H groups in total. The Labute approximate surface area is 195 Å². The Bertz CT molecular complexity index is 1100. The number of carbonyl (C=O) groups is 1. The molecule has 33 heavy (non-hydrogen) atoms. The number of hydrazine groups is 1. The maximum Gasteiger partial charge on any atom is 0.241 e. The number of piperazine rings is 1. The number of benzene rings is 2. The zero-order valence-corrected chi connectivity index (χ0v) is 18.8. The van der Waals surface area contributed by atoms with E-state index < -0.39 is 0 Å². The number of nitrogens with one attached hydrogen (secondary N) is 2. The Morgan fingerprint density at radius 1 is 0.970 bits per heavy atom. The molecule has 0 spiro atoms. The van der Waals surface area contributed by atoms with Crippen LogP contribution >= 0.6 is 11.3 Å². The highest BCUT2D eigenvalue weighted by Gasteiger charge is 2.34. The highest BCUT2D eigenvalue weighted by molar-refractivity contribution is 7.09. The molecule has 1 aromatic heterocycles. The van der Waals surface area contributed by atoms with E-state index in [2.05, 4.69) is 15.8 Å². The van der Waals surface area contributed by atoms with Crippen LogP contribution in [-0.2, 0) is 11.3 Å². The summed E-state index contributed by atoms with van der Waals surface area (Å²) in [5, 5.41) is 3.01. The number of nitrogens with zero attached hydrogens (tertiary/aromatic N) is 3. The van der Waals surface area contributed by atoms with Crippen LogP contribution in [0.1, 0.15) is 23.0 Å². The molecular weight excluding hydrogens is 444 g/mol. The number of hydrogen-bond donors (Lipinski definition) is 2. The van der Waals surface area contributed by atoms with Crippen LogP contribution in [-0.4, -0.2) is 52.9 Å². The van der Waals surface area contributed by atoms with Gasteiger partial charge in [-0.05, 0) is 48.4 Å². The summed E-state index contributed by atoms with van der Waals surface area (Å²) in [6.45, 7) is 3.67. The van der Waals surface area contributed by atoms with Crippen LogP contribution in [0.3, 0.4) is 0 Å². The molecule has 2 aromatic carbocycles. The van der Waals surface area contributed by atoms with Gasteiger partial charge < -0.3 is 4.90 Å². The number of aromatic nitrogens is 1. The Hall–Kier alpha value is -2.72. The predicted octanol–water partition coefficient (Wildman–Crippen LogP) is 3.34. The second-order valence-electron chi connectivity index (χ2n) is 8.42. The summed E-state index contributed by atoms with van der Waals surface area (Å²) in [5.41, 5.74) is 9.01. The predicted molar refractivity (Wildman–Crippen MR) is 123 cm³/mol. The summed E-state index contributed by atoms with van der Waals surface area (Å²) in [4.78, 5) is 21.9. The average Bonchev–Trinajstić information content (AvgIpc) is 3.51. The Kier molecular flexibility index (Phi) is 6.45. The number of thiazole rings is 1. The number of carbonyl (C=O) groups excluding carboxylic acids is 1. The zero-order valence-electron chi connectivity index (χ0n) is 18.0. The van der Waals surface area contributed by atoms with E-state index in [1.54, 1.807) is 35.6 Å². The molecule has 3 heterocycles. The zero-order chi connectivity index (χ0) is 22.8. The number of rotatable bonds is 5. The molecule has 6 nitrogen and oxygen atoms in total. The third kappa shape index (κ3) is 5.11.